The molecule has 3 heteroatoms. The minimum Gasteiger partial charge on any atom is -0.469 e. The monoisotopic (exact) mass is 197 g/mol. The molecule has 3 nitrogen and oxygen atoms in total. The van der Waals surface area contributed by atoms with Crippen LogP contribution in [0.5, 0.6) is 0 Å². The number of carbonyl (C=O) groups is 1. The van der Waals surface area contributed by atoms with Crippen LogP contribution in [0.3, 0.4) is 0 Å². The van der Waals surface area contributed by atoms with Crippen LogP contribution in [0.25, 0.3) is 0 Å². The van der Waals surface area contributed by atoms with Gasteiger partial charge in [0, 0.05) is 6.04 Å². The van der Waals surface area contributed by atoms with Crippen molar-refractivity contribution in [1.29, 1.82) is 0 Å². The highest BCUT2D eigenvalue weighted by Crippen LogP contribution is 2.45. The van der Waals surface area contributed by atoms with Crippen molar-refractivity contribution >= 4 is 5.97 Å². The normalized spacial score (nSPS) is 41.0. The molecule has 3 aliphatic rings. The van der Waals surface area contributed by atoms with Crippen molar-refractivity contribution < 1.29 is 9.53 Å². The first-order valence-electron chi connectivity index (χ1n) is 5.51. The molecule has 3 aliphatic carbocycles. The Bertz CT molecular complexity index is 229. The highest BCUT2D eigenvalue weighted by Gasteiger charge is 2.44. The summed E-state index contributed by atoms with van der Waals surface area (Å²) in [5.41, 5.74) is 0. The first-order valence-corrected chi connectivity index (χ1v) is 5.51. The molecule has 3 rings (SSSR count). The van der Waals surface area contributed by atoms with Gasteiger partial charge in [0.2, 0.25) is 0 Å². The molecule has 4 atom stereocenters. The summed E-state index contributed by atoms with van der Waals surface area (Å²) in [5, 5.41) is 3.36. The third kappa shape index (κ3) is 1.54. The average Bonchev–Trinajstić information content (AvgIpc) is 2.28. The van der Waals surface area contributed by atoms with E-state index in [4.69, 9.17) is 4.74 Å². The Morgan fingerprint density at radius 2 is 2.00 bits per heavy atom. The molecule has 0 aliphatic heterocycles. The maximum absolute atomic E-state index is 11.5. The number of hydrogen-bond acceptors (Lipinski definition) is 3. The molecule has 0 amide bonds. The summed E-state index contributed by atoms with van der Waals surface area (Å²) < 4.78 is 4.85. The van der Waals surface area contributed by atoms with E-state index in [1.165, 1.54) is 20.0 Å². The first kappa shape index (κ1) is 9.97. The molecule has 1 N–H and O–H groups in total. The number of rotatable bonds is 2. The van der Waals surface area contributed by atoms with E-state index in [2.05, 4.69) is 5.32 Å². The molecule has 0 heterocycles. The minimum absolute atomic E-state index is 0.00857. The summed E-state index contributed by atoms with van der Waals surface area (Å²) in [7, 11) is 3.53. The Morgan fingerprint density at radius 3 is 2.50 bits per heavy atom. The van der Waals surface area contributed by atoms with Crippen molar-refractivity contribution in [3.63, 3.8) is 0 Å². The van der Waals surface area contributed by atoms with E-state index in [0.29, 0.717) is 17.9 Å². The summed E-state index contributed by atoms with van der Waals surface area (Å²) in [6.45, 7) is 0. The van der Waals surface area contributed by atoms with E-state index in [-0.39, 0.29) is 11.9 Å². The highest BCUT2D eigenvalue weighted by molar-refractivity contribution is 5.73. The van der Waals surface area contributed by atoms with Crippen molar-refractivity contribution in [3.8, 4) is 0 Å². The molecule has 0 saturated heterocycles. The van der Waals surface area contributed by atoms with Crippen LogP contribution in [0.2, 0.25) is 0 Å². The van der Waals surface area contributed by atoms with Crippen LogP contribution in [0.1, 0.15) is 25.7 Å². The predicted octanol–water partition coefficient (Wildman–Crippen LogP) is 1.18. The SMILES string of the molecule is CNC1CC2CCC1CC2C(=O)OC. The van der Waals surface area contributed by atoms with E-state index in [9.17, 15) is 4.79 Å². The van der Waals surface area contributed by atoms with E-state index in [0.717, 1.165) is 12.8 Å². The number of fused-ring (bicyclic) bond motifs is 3. The van der Waals surface area contributed by atoms with E-state index < -0.39 is 0 Å². The molecule has 3 fully saturated rings. The van der Waals surface area contributed by atoms with Gasteiger partial charge < -0.3 is 10.1 Å². The Hall–Kier alpha value is -0.570. The van der Waals surface area contributed by atoms with Crippen molar-refractivity contribution in [2.75, 3.05) is 14.2 Å². The summed E-state index contributed by atoms with van der Waals surface area (Å²) >= 11 is 0. The van der Waals surface area contributed by atoms with Crippen molar-refractivity contribution in [2.45, 2.75) is 31.7 Å². The second kappa shape index (κ2) is 3.89. The zero-order chi connectivity index (χ0) is 10.1. The number of esters is 1. The number of nitrogens with one attached hydrogen (secondary N) is 1. The lowest BCUT2D eigenvalue weighted by molar-refractivity contribution is -0.151. The lowest BCUT2D eigenvalue weighted by atomic mass is 9.62. The average molecular weight is 197 g/mol. The van der Waals surface area contributed by atoms with Gasteiger partial charge in [-0.25, -0.2) is 0 Å². The number of ether oxygens (including phenoxy) is 1. The van der Waals surface area contributed by atoms with Gasteiger partial charge in [0.05, 0.1) is 13.0 Å². The van der Waals surface area contributed by atoms with Gasteiger partial charge in [-0.05, 0) is 44.6 Å². The van der Waals surface area contributed by atoms with Gasteiger partial charge >= 0.3 is 5.97 Å². The Labute approximate surface area is 85.2 Å². The lowest BCUT2D eigenvalue weighted by Gasteiger charge is -2.46. The van der Waals surface area contributed by atoms with Gasteiger partial charge in [0.1, 0.15) is 0 Å². The second-order valence-corrected chi connectivity index (χ2v) is 4.59. The molecular weight excluding hydrogens is 178 g/mol. The van der Waals surface area contributed by atoms with Gasteiger partial charge in [0.25, 0.3) is 0 Å². The minimum atomic E-state index is 0.00857. The molecule has 3 saturated carbocycles. The Balaban J connectivity index is 2.04. The highest BCUT2D eigenvalue weighted by atomic mass is 16.5. The first-order chi connectivity index (χ1) is 6.76. The van der Waals surface area contributed by atoms with Gasteiger partial charge in [-0.2, -0.15) is 0 Å². The quantitative estimate of drug-likeness (QED) is 0.676. The number of carbonyl (C=O) groups excluding carboxylic acids is 1. The zero-order valence-corrected chi connectivity index (χ0v) is 8.95. The number of hydrogen-bond donors (Lipinski definition) is 1. The van der Waals surface area contributed by atoms with Crippen LogP contribution >= 0.6 is 0 Å². The number of methoxy groups -OCH3 is 1. The zero-order valence-electron chi connectivity index (χ0n) is 8.95. The standard InChI is InChI=1S/C11H19NO2/c1-12-10-6-7-3-4-8(10)5-9(7)11(13)14-2/h7-10,12H,3-6H2,1-2H3. The van der Waals surface area contributed by atoms with Crippen LogP contribution < -0.4 is 5.32 Å². The fraction of sp³-hybridized carbons (Fsp3) is 0.909. The largest absolute Gasteiger partial charge is 0.469 e. The molecule has 2 bridgehead atoms. The summed E-state index contributed by atoms with van der Waals surface area (Å²) in [6, 6.07) is 0.634. The molecular formula is C11H19NO2. The third-order valence-electron chi connectivity index (χ3n) is 4.03. The molecule has 0 spiro atoms. The van der Waals surface area contributed by atoms with Crippen LogP contribution in [-0.2, 0) is 9.53 Å². The topological polar surface area (TPSA) is 38.3 Å². The van der Waals surface area contributed by atoms with E-state index in [1.54, 1.807) is 0 Å². The molecule has 0 radical (unpaired) electrons. The van der Waals surface area contributed by atoms with E-state index in [1.807, 2.05) is 7.05 Å². The lowest BCUT2D eigenvalue weighted by Crippen LogP contribution is -2.48. The van der Waals surface area contributed by atoms with E-state index >= 15 is 0 Å². The molecule has 0 aromatic heterocycles. The smallest absolute Gasteiger partial charge is 0.308 e. The Morgan fingerprint density at radius 1 is 1.29 bits per heavy atom. The fourth-order valence-corrected chi connectivity index (χ4v) is 3.23. The van der Waals surface area contributed by atoms with Gasteiger partial charge in [0.15, 0.2) is 0 Å². The van der Waals surface area contributed by atoms with Crippen LogP contribution in [0.15, 0.2) is 0 Å². The Kier molecular flexibility index (Phi) is 2.77. The van der Waals surface area contributed by atoms with Gasteiger partial charge in [-0.3, -0.25) is 4.79 Å². The summed E-state index contributed by atoms with van der Waals surface area (Å²) in [4.78, 5) is 11.5. The van der Waals surface area contributed by atoms with Crippen molar-refractivity contribution in [3.05, 3.63) is 0 Å². The fourth-order valence-electron chi connectivity index (χ4n) is 3.23. The molecule has 0 aromatic carbocycles. The van der Waals surface area contributed by atoms with Gasteiger partial charge in [-0.1, -0.05) is 0 Å². The van der Waals surface area contributed by atoms with Crippen LogP contribution in [0.4, 0.5) is 0 Å². The maximum Gasteiger partial charge on any atom is 0.308 e. The van der Waals surface area contributed by atoms with Crippen LogP contribution in [0, 0.1) is 17.8 Å². The molecule has 14 heavy (non-hydrogen) atoms. The summed E-state index contributed by atoms with van der Waals surface area (Å²) in [5.74, 6) is 1.44. The maximum atomic E-state index is 11.5. The second-order valence-electron chi connectivity index (χ2n) is 4.59. The van der Waals surface area contributed by atoms with Gasteiger partial charge in [-0.15, -0.1) is 0 Å². The summed E-state index contributed by atoms with van der Waals surface area (Å²) in [6.07, 6.45) is 4.68. The van der Waals surface area contributed by atoms with Crippen LogP contribution in [-0.4, -0.2) is 26.2 Å². The predicted molar refractivity (Wildman–Crippen MR) is 53.8 cm³/mol. The molecule has 0 aromatic rings. The molecule has 80 valence electrons. The third-order valence-corrected chi connectivity index (χ3v) is 4.03. The van der Waals surface area contributed by atoms with Crippen molar-refractivity contribution in [2.24, 2.45) is 17.8 Å². The molecule has 4 unspecified atom stereocenters. The van der Waals surface area contributed by atoms with Crippen molar-refractivity contribution in [1.82, 2.24) is 5.32 Å².